The lowest BCUT2D eigenvalue weighted by atomic mass is 10.2. The first-order chi connectivity index (χ1) is 6.31. The van der Waals surface area contributed by atoms with E-state index >= 15 is 0 Å². The number of pyridine rings is 2. The van der Waals surface area contributed by atoms with Crippen LogP contribution in [0, 0.1) is 11.3 Å². The summed E-state index contributed by atoms with van der Waals surface area (Å²) in [5.74, 6) is 0.301. The van der Waals surface area contributed by atoms with Gasteiger partial charge in [0.15, 0.2) is 5.82 Å². The summed E-state index contributed by atoms with van der Waals surface area (Å²) in [6.07, 6.45) is 1.65. The SMILES string of the molecule is N#Cc1cc2cccnc2c(N)n1. The zero-order valence-electron chi connectivity index (χ0n) is 6.73. The molecule has 0 spiro atoms. The molecule has 0 amide bonds. The molecule has 13 heavy (non-hydrogen) atoms. The van der Waals surface area contributed by atoms with E-state index in [0.717, 1.165) is 5.39 Å². The van der Waals surface area contributed by atoms with Gasteiger partial charge in [0.25, 0.3) is 0 Å². The first-order valence-electron chi connectivity index (χ1n) is 3.72. The molecule has 2 heterocycles. The average molecular weight is 170 g/mol. The number of aromatic nitrogens is 2. The Kier molecular flexibility index (Phi) is 1.57. The number of nitrogens with two attached hydrogens (primary N) is 1. The van der Waals surface area contributed by atoms with E-state index in [0.29, 0.717) is 17.0 Å². The Hall–Kier alpha value is -2.15. The summed E-state index contributed by atoms with van der Waals surface area (Å²) in [7, 11) is 0. The molecule has 0 aliphatic rings. The zero-order chi connectivity index (χ0) is 9.26. The number of nitrogen functional groups attached to an aromatic ring is 1. The number of hydrogen-bond donors (Lipinski definition) is 1. The minimum absolute atomic E-state index is 0.301. The molecule has 2 aromatic rings. The Morgan fingerprint density at radius 3 is 3.08 bits per heavy atom. The second-order valence-electron chi connectivity index (χ2n) is 2.58. The molecule has 0 aliphatic carbocycles. The van der Waals surface area contributed by atoms with Gasteiger partial charge >= 0.3 is 0 Å². The van der Waals surface area contributed by atoms with Gasteiger partial charge in [-0.1, -0.05) is 6.07 Å². The van der Waals surface area contributed by atoms with Crippen LogP contribution in [0.3, 0.4) is 0 Å². The van der Waals surface area contributed by atoms with Crippen molar-refractivity contribution in [3.63, 3.8) is 0 Å². The van der Waals surface area contributed by atoms with E-state index in [1.807, 2.05) is 12.1 Å². The molecule has 0 fully saturated rings. The number of nitrogens with zero attached hydrogens (tertiary/aromatic N) is 3. The summed E-state index contributed by atoms with van der Waals surface area (Å²) in [4.78, 5) is 7.93. The average Bonchev–Trinajstić information content (AvgIpc) is 2.18. The summed E-state index contributed by atoms with van der Waals surface area (Å²) >= 11 is 0. The van der Waals surface area contributed by atoms with Gasteiger partial charge in [-0.3, -0.25) is 4.98 Å². The molecule has 2 rings (SSSR count). The molecule has 0 aliphatic heterocycles. The first-order valence-corrected chi connectivity index (χ1v) is 3.72. The topological polar surface area (TPSA) is 75.6 Å². The highest BCUT2D eigenvalue weighted by Gasteiger charge is 2.02. The highest BCUT2D eigenvalue weighted by Crippen LogP contribution is 2.16. The molecule has 4 nitrogen and oxygen atoms in total. The minimum Gasteiger partial charge on any atom is -0.382 e. The Bertz CT molecular complexity index is 498. The van der Waals surface area contributed by atoms with Crippen molar-refractivity contribution < 1.29 is 0 Å². The fourth-order valence-electron chi connectivity index (χ4n) is 1.17. The Morgan fingerprint density at radius 1 is 1.46 bits per heavy atom. The normalized spacial score (nSPS) is 9.77. The summed E-state index contributed by atoms with van der Waals surface area (Å²) in [6.45, 7) is 0. The molecule has 0 atom stereocenters. The summed E-state index contributed by atoms with van der Waals surface area (Å²) < 4.78 is 0. The van der Waals surface area contributed by atoms with Crippen molar-refractivity contribution in [2.24, 2.45) is 0 Å². The van der Waals surface area contributed by atoms with Crippen LogP contribution < -0.4 is 5.73 Å². The number of rotatable bonds is 0. The van der Waals surface area contributed by atoms with E-state index in [1.54, 1.807) is 18.3 Å². The first kappa shape index (κ1) is 7.50. The van der Waals surface area contributed by atoms with Crippen LogP contribution in [0.2, 0.25) is 0 Å². The number of anilines is 1. The molecule has 0 saturated heterocycles. The van der Waals surface area contributed by atoms with Crippen LogP contribution in [0.5, 0.6) is 0 Å². The van der Waals surface area contributed by atoms with Gasteiger partial charge in [-0.25, -0.2) is 4.98 Å². The van der Waals surface area contributed by atoms with Crippen LogP contribution in [0.1, 0.15) is 5.69 Å². The number of hydrogen-bond acceptors (Lipinski definition) is 4. The molecule has 2 aromatic heterocycles. The second-order valence-corrected chi connectivity index (χ2v) is 2.58. The molecule has 4 heteroatoms. The van der Waals surface area contributed by atoms with Gasteiger partial charge in [-0.15, -0.1) is 0 Å². The van der Waals surface area contributed by atoms with Crippen LogP contribution in [0.4, 0.5) is 5.82 Å². The predicted molar refractivity (Wildman–Crippen MR) is 48.7 cm³/mol. The van der Waals surface area contributed by atoms with Gasteiger partial charge in [0.2, 0.25) is 0 Å². The lowest BCUT2D eigenvalue weighted by Crippen LogP contribution is -1.95. The van der Waals surface area contributed by atoms with Gasteiger partial charge in [0, 0.05) is 11.6 Å². The molecule has 2 N–H and O–H groups in total. The maximum absolute atomic E-state index is 8.63. The van der Waals surface area contributed by atoms with E-state index in [2.05, 4.69) is 9.97 Å². The molecule has 0 saturated carbocycles. The molecule has 62 valence electrons. The molecule has 0 bridgehead atoms. The molecule has 0 radical (unpaired) electrons. The van der Waals surface area contributed by atoms with Gasteiger partial charge in [0.1, 0.15) is 17.3 Å². The summed E-state index contributed by atoms with van der Waals surface area (Å²) in [5, 5.41) is 9.47. The van der Waals surface area contributed by atoms with Gasteiger partial charge in [-0.2, -0.15) is 5.26 Å². The van der Waals surface area contributed by atoms with E-state index < -0.39 is 0 Å². The van der Waals surface area contributed by atoms with Crippen molar-refractivity contribution in [2.75, 3.05) is 5.73 Å². The van der Waals surface area contributed by atoms with Gasteiger partial charge < -0.3 is 5.73 Å². The fourth-order valence-corrected chi connectivity index (χ4v) is 1.17. The lowest BCUT2D eigenvalue weighted by Gasteiger charge is -1.99. The molecule has 0 unspecified atom stereocenters. The van der Waals surface area contributed by atoms with E-state index in [4.69, 9.17) is 11.0 Å². The third kappa shape index (κ3) is 1.16. The standard InChI is InChI=1S/C9H6N4/c10-5-7-4-6-2-1-3-12-8(6)9(11)13-7/h1-4H,(H2,11,13). The third-order valence-electron chi connectivity index (χ3n) is 1.73. The number of fused-ring (bicyclic) bond motifs is 1. The van der Waals surface area contributed by atoms with Crippen molar-refractivity contribution in [2.45, 2.75) is 0 Å². The van der Waals surface area contributed by atoms with Crippen LogP contribution in [-0.2, 0) is 0 Å². The molecular weight excluding hydrogens is 164 g/mol. The van der Waals surface area contributed by atoms with Crippen LogP contribution in [0.15, 0.2) is 24.4 Å². The minimum atomic E-state index is 0.301. The van der Waals surface area contributed by atoms with Crippen molar-refractivity contribution >= 4 is 16.7 Å². The van der Waals surface area contributed by atoms with Crippen molar-refractivity contribution in [3.8, 4) is 6.07 Å². The smallest absolute Gasteiger partial charge is 0.151 e. The lowest BCUT2D eigenvalue weighted by molar-refractivity contribution is 1.27. The van der Waals surface area contributed by atoms with E-state index in [-0.39, 0.29) is 0 Å². The van der Waals surface area contributed by atoms with Crippen LogP contribution >= 0.6 is 0 Å². The van der Waals surface area contributed by atoms with E-state index in [9.17, 15) is 0 Å². The molecule has 0 aromatic carbocycles. The highest BCUT2D eigenvalue weighted by atomic mass is 14.9. The fraction of sp³-hybridized carbons (Fsp3) is 0. The highest BCUT2D eigenvalue weighted by molar-refractivity contribution is 5.87. The van der Waals surface area contributed by atoms with Crippen molar-refractivity contribution in [1.82, 2.24) is 9.97 Å². The summed E-state index contributed by atoms with van der Waals surface area (Å²) in [5.41, 5.74) is 6.57. The van der Waals surface area contributed by atoms with Crippen molar-refractivity contribution in [3.05, 3.63) is 30.1 Å². The Morgan fingerprint density at radius 2 is 2.31 bits per heavy atom. The van der Waals surface area contributed by atoms with Gasteiger partial charge in [0.05, 0.1) is 0 Å². The van der Waals surface area contributed by atoms with E-state index in [1.165, 1.54) is 0 Å². The molecular formula is C9H6N4. The number of nitriles is 1. The quantitative estimate of drug-likeness (QED) is 0.641. The zero-order valence-corrected chi connectivity index (χ0v) is 6.73. The second kappa shape index (κ2) is 2.72. The largest absolute Gasteiger partial charge is 0.382 e. The van der Waals surface area contributed by atoms with Gasteiger partial charge in [-0.05, 0) is 12.1 Å². The monoisotopic (exact) mass is 170 g/mol. The maximum atomic E-state index is 8.63. The third-order valence-corrected chi connectivity index (χ3v) is 1.73. The van der Waals surface area contributed by atoms with Crippen molar-refractivity contribution in [1.29, 1.82) is 5.26 Å². The predicted octanol–water partition coefficient (Wildman–Crippen LogP) is 1.08. The Labute approximate surface area is 74.6 Å². The van der Waals surface area contributed by atoms with Crippen LogP contribution in [-0.4, -0.2) is 9.97 Å². The van der Waals surface area contributed by atoms with Crippen LogP contribution in [0.25, 0.3) is 10.9 Å². The summed E-state index contributed by atoms with van der Waals surface area (Å²) in [6, 6.07) is 7.25. The Balaban J connectivity index is 2.86. The maximum Gasteiger partial charge on any atom is 0.151 e.